The van der Waals surface area contributed by atoms with Gasteiger partial charge in [-0.25, -0.2) is 0 Å². The number of benzene rings is 1. The van der Waals surface area contributed by atoms with Gasteiger partial charge in [0.1, 0.15) is 12.0 Å². The Kier molecular flexibility index (Phi) is 4.33. The fourth-order valence-corrected chi connectivity index (χ4v) is 1.59. The van der Waals surface area contributed by atoms with E-state index in [1.165, 1.54) is 5.56 Å². The fourth-order valence-electron chi connectivity index (χ4n) is 1.59. The molecular weight excluding hydrogens is 202 g/mol. The molecule has 0 radical (unpaired) electrons. The van der Waals surface area contributed by atoms with Crippen molar-refractivity contribution < 1.29 is 9.84 Å². The molecule has 0 bridgehead atoms. The van der Waals surface area contributed by atoms with E-state index >= 15 is 0 Å². The summed E-state index contributed by atoms with van der Waals surface area (Å²) >= 11 is 0. The largest absolute Gasteiger partial charge is 0.496 e. The van der Waals surface area contributed by atoms with Gasteiger partial charge in [-0.1, -0.05) is 19.9 Å². The Bertz CT molecular complexity index is 348. The zero-order chi connectivity index (χ0) is 12.3. The van der Waals surface area contributed by atoms with Gasteiger partial charge < -0.3 is 9.84 Å². The molecule has 0 saturated heterocycles. The maximum absolute atomic E-state index is 10.1. The van der Waals surface area contributed by atoms with E-state index in [0.29, 0.717) is 5.92 Å². The Morgan fingerprint density at radius 3 is 2.31 bits per heavy atom. The maximum Gasteiger partial charge on any atom is 0.136 e. The lowest BCUT2D eigenvalue weighted by atomic mass is 9.99. The average Bonchev–Trinajstić information content (AvgIpc) is 2.26. The molecule has 0 aromatic heterocycles. The molecule has 0 saturated carbocycles. The minimum absolute atomic E-state index is 0.444. The van der Waals surface area contributed by atoms with Crippen molar-refractivity contribution in [1.29, 1.82) is 0 Å². The fraction of sp³-hybridized carbons (Fsp3) is 0.538. The number of aliphatic hydroxyl groups excluding tert-OH is 1. The predicted octanol–water partition coefficient (Wildman–Crippen LogP) is 2.37. The van der Waals surface area contributed by atoms with E-state index in [9.17, 15) is 5.11 Å². The van der Waals surface area contributed by atoms with Crippen LogP contribution in [-0.2, 0) is 0 Å². The first kappa shape index (κ1) is 13.0. The Morgan fingerprint density at radius 1 is 1.25 bits per heavy atom. The number of rotatable bonds is 4. The molecule has 1 rings (SSSR count). The minimum atomic E-state index is -0.631. The van der Waals surface area contributed by atoms with Gasteiger partial charge in [0, 0.05) is 5.56 Å². The van der Waals surface area contributed by atoms with Gasteiger partial charge in [-0.3, -0.25) is 4.90 Å². The lowest BCUT2D eigenvalue weighted by molar-refractivity contribution is 0.0374. The van der Waals surface area contributed by atoms with E-state index in [4.69, 9.17) is 4.74 Å². The first-order valence-corrected chi connectivity index (χ1v) is 5.49. The highest BCUT2D eigenvalue weighted by Crippen LogP contribution is 2.29. The van der Waals surface area contributed by atoms with Gasteiger partial charge in [-0.05, 0) is 37.7 Å². The van der Waals surface area contributed by atoms with Gasteiger partial charge in [0.2, 0.25) is 0 Å². The molecule has 0 aliphatic carbocycles. The maximum atomic E-state index is 10.1. The van der Waals surface area contributed by atoms with E-state index in [-0.39, 0.29) is 0 Å². The average molecular weight is 223 g/mol. The SMILES string of the molecule is COc1ccc(C(C)C)cc1C(O)N(C)C. The first-order chi connectivity index (χ1) is 7.47. The highest BCUT2D eigenvalue weighted by Gasteiger charge is 2.16. The highest BCUT2D eigenvalue weighted by molar-refractivity contribution is 5.39. The molecule has 1 N–H and O–H groups in total. The van der Waals surface area contributed by atoms with Crippen molar-refractivity contribution in [1.82, 2.24) is 4.90 Å². The number of hydrogen-bond acceptors (Lipinski definition) is 3. The summed E-state index contributed by atoms with van der Waals surface area (Å²) in [6.45, 7) is 4.27. The second-order valence-electron chi connectivity index (χ2n) is 4.49. The smallest absolute Gasteiger partial charge is 0.136 e. The topological polar surface area (TPSA) is 32.7 Å². The Balaban J connectivity index is 3.16. The Labute approximate surface area is 97.7 Å². The van der Waals surface area contributed by atoms with Crippen molar-refractivity contribution in [2.75, 3.05) is 21.2 Å². The van der Waals surface area contributed by atoms with Crippen LogP contribution in [0.1, 0.15) is 37.1 Å². The molecule has 0 heterocycles. The van der Waals surface area contributed by atoms with Crippen LogP contribution in [0.15, 0.2) is 18.2 Å². The summed E-state index contributed by atoms with van der Waals surface area (Å²) in [7, 11) is 5.30. The summed E-state index contributed by atoms with van der Waals surface area (Å²) in [5.41, 5.74) is 2.02. The minimum Gasteiger partial charge on any atom is -0.496 e. The summed E-state index contributed by atoms with van der Waals surface area (Å²) in [5.74, 6) is 1.17. The van der Waals surface area contributed by atoms with Crippen molar-refractivity contribution in [3.63, 3.8) is 0 Å². The Hall–Kier alpha value is -1.06. The second kappa shape index (κ2) is 5.32. The monoisotopic (exact) mass is 223 g/mol. The molecule has 1 unspecified atom stereocenters. The van der Waals surface area contributed by atoms with E-state index in [2.05, 4.69) is 13.8 Å². The first-order valence-electron chi connectivity index (χ1n) is 5.49. The van der Waals surface area contributed by atoms with Crippen LogP contribution in [-0.4, -0.2) is 31.2 Å². The predicted molar refractivity (Wildman–Crippen MR) is 65.7 cm³/mol. The summed E-state index contributed by atoms with van der Waals surface area (Å²) in [4.78, 5) is 1.75. The van der Waals surface area contributed by atoms with Gasteiger partial charge >= 0.3 is 0 Å². The molecule has 1 aromatic rings. The molecule has 0 aliphatic heterocycles. The van der Waals surface area contributed by atoms with Crippen LogP contribution in [0.5, 0.6) is 5.75 Å². The van der Waals surface area contributed by atoms with E-state index < -0.39 is 6.23 Å². The molecule has 0 aliphatic rings. The standard InChI is InChI=1S/C13H21NO2/c1-9(2)10-6-7-12(16-5)11(8-10)13(15)14(3)4/h6-9,13,15H,1-5H3. The number of aliphatic hydroxyl groups is 1. The van der Waals surface area contributed by atoms with Crippen molar-refractivity contribution in [2.45, 2.75) is 26.0 Å². The quantitative estimate of drug-likeness (QED) is 0.795. The molecule has 0 amide bonds. The van der Waals surface area contributed by atoms with Crippen molar-refractivity contribution >= 4 is 0 Å². The van der Waals surface area contributed by atoms with Crippen LogP contribution in [0.4, 0.5) is 0 Å². The molecular formula is C13H21NO2. The molecule has 16 heavy (non-hydrogen) atoms. The normalized spacial score (nSPS) is 13.2. The lowest BCUT2D eigenvalue weighted by Gasteiger charge is -2.22. The zero-order valence-corrected chi connectivity index (χ0v) is 10.7. The van der Waals surface area contributed by atoms with Crippen LogP contribution in [0.2, 0.25) is 0 Å². The van der Waals surface area contributed by atoms with Gasteiger partial charge in [-0.15, -0.1) is 0 Å². The van der Waals surface area contributed by atoms with Gasteiger partial charge in [-0.2, -0.15) is 0 Å². The van der Waals surface area contributed by atoms with E-state index in [1.807, 2.05) is 32.3 Å². The van der Waals surface area contributed by atoms with Gasteiger partial charge in [0.25, 0.3) is 0 Å². The second-order valence-corrected chi connectivity index (χ2v) is 4.49. The van der Waals surface area contributed by atoms with Crippen LogP contribution in [0.25, 0.3) is 0 Å². The molecule has 90 valence electrons. The van der Waals surface area contributed by atoms with Crippen LogP contribution in [0, 0.1) is 0 Å². The molecule has 0 fully saturated rings. The number of ether oxygens (including phenoxy) is 1. The third-order valence-corrected chi connectivity index (χ3v) is 2.69. The van der Waals surface area contributed by atoms with Crippen LogP contribution < -0.4 is 4.74 Å². The van der Waals surface area contributed by atoms with Gasteiger partial charge in [0.15, 0.2) is 0 Å². The van der Waals surface area contributed by atoms with Crippen molar-refractivity contribution in [3.05, 3.63) is 29.3 Å². The summed E-state index contributed by atoms with van der Waals surface area (Å²) in [5, 5.41) is 10.1. The molecule has 0 spiro atoms. The van der Waals surface area contributed by atoms with Crippen LogP contribution >= 0.6 is 0 Å². The summed E-state index contributed by atoms with van der Waals surface area (Å²) in [6, 6.07) is 5.96. The van der Waals surface area contributed by atoms with Gasteiger partial charge in [0.05, 0.1) is 7.11 Å². The summed E-state index contributed by atoms with van der Waals surface area (Å²) < 4.78 is 5.26. The third kappa shape index (κ3) is 2.74. The van der Waals surface area contributed by atoms with Crippen molar-refractivity contribution in [3.8, 4) is 5.75 Å². The van der Waals surface area contributed by atoms with E-state index in [1.54, 1.807) is 12.0 Å². The van der Waals surface area contributed by atoms with Crippen molar-refractivity contribution in [2.24, 2.45) is 0 Å². The molecule has 1 aromatic carbocycles. The van der Waals surface area contributed by atoms with E-state index in [0.717, 1.165) is 11.3 Å². The number of nitrogens with zero attached hydrogens (tertiary/aromatic N) is 1. The van der Waals surface area contributed by atoms with Crippen LogP contribution in [0.3, 0.4) is 0 Å². The lowest BCUT2D eigenvalue weighted by Crippen LogP contribution is -2.20. The molecule has 3 nitrogen and oxygen atoms in total. The summed E-state index contributed by atoms with van der Waals surface area (Å²) in [6.07, 6.45) is -0.631. The number of methoxy groups -OCH3 is 1. The molecule has 1 atom stereocenters. The number of hydrogen-bond donors (Lipinski definition) is 1. The third-order valence-electron chi connectivity index (χ3n) is 2.69. The zero-order valence-electron chi connectivity index (χ0n) is 10.7. The highest BCUT2D eigenvalue weighted by atomic mass is 16.5. The Morgan fingerprint density at radius 2 is 1.88 bits per heavy atom. The molecule has 3 heteroatoms.